The van der Waals surface area contributed by atoms with Crippen molar-refractivity contribution in [2.45, 2.75) is 13.8 Å². The molecule has 1 heterocycles. The summed E-state index contributed by atoms with van der Waals surface area (Å²) in [5.41, 5.74) is 2.68. The summed E-state index contributed by atoms with van der Waals surface area (Å²) in [6.45, 7) is 3.09. The molecule has 2 aromatic carbocycles. The number of ether oxygens (including phenoxy) is 1. The molecule has 0 aliphatic rings. The summed E-state index contributed by atoms with van der Waals surface area (Å²) in [6, 6.07) is 13.0. The van der Waals surface area contributed by atoms with E-state index in [4.69, 9.17) is 4.74 Å². The van der Waals surface area contributed by atoms with Crippen LogP contribution in [0.4, 0.5) is 10.1 Å². The first-order chi connectivity index (χ1) is 12.4. The second-order valence-corrected chi connectivity index (χ2v) is 5.90. The summed E-state index contributed by atoms with van der Waals surface area (Å²) >= 11 is 0. The number of nitrogens with one attached hydrogen (secondary N) is 1. The summed E-state index contributed by atoms with van der Waals surface area (Å²) in [4.78, 5) is 28.5. The van der Waals surface area contributed by atoms with Gasteiger partial charge in [-0.1, -0.05) is 18.2 Å². The first-order valence-electron chi connectivity index (χ1n) is 8.03. The van der Waals surface area contributed by atoms with Crippen LogP contribution in [0.5, 0.6) is 0 Å². The first kappa shape index (κ1) is 17.5. The average Bonchev–Trinajstić information content (AvgIpc) is 2.61. The number of amides is 1. The van der Waals surface area contributed by atoms with Crippen LogP contribution in [0.3, 0.4) is 0 Å². The Morgan fingerprint density at radius 2 is 1.88 bits per heavy atom. The van der Waals surface area contributed by atoms with Crippen molar-refractivity contribution in [3.63, 3.8) is 0 Å². The van der Waals surface area contributed by atoms with Crippen LogP contribution >= 0.6 is 0 Å². The number of benzene rings is 2. The van der Waals surface area contributed by atoms with Gasteiger partial charge in [-0.2, -0.15) is 0 Å². The third kappa shape index (κ3) is 3.85. The van der Waals surface area contributed by atoms with Crippen LogP contribution in [-0.4, -0.2) is 23.5 Å². The van der Waals surface area contributed by atoms with E-state index in [1.807, 2.05) is 25.1 Å². The molecule has 1 N–H and O–H groups in total. The predicted octanol–water partition coefficient (Wildman–Crippen LogP) is 3.79. The summed E-state index contributed by atoms with van der Waals surface area (Å²) < 4.78 is 18.4. The molecule has 0 aliphatic carbocycles. The summed E-state index contributed by atoms with van der Waals surface area (Å²) in [7, 11) is 0. The lowest BCUT2D eigenvalue weighted by molar-refractivity contribution is -0.119. The van der Waals surface area contributed by atoms with Crippen molar-refractivity contribution in [1.82, 2.24) is 4.98 Å². The van der Waals surface area contributed by atoms with E-state index in [0.29, 0.717) is 22.3 Å². The van der Waals surface area contributed by atoms with Crippen LogP contribution in [0.15, 0.2) is 48.5 Å². The summed E-state index contributed by atoms with van der Waals surface area (Å²) in [5.74, 6) is -1.48. The highest BCUT2D eigenvalue weighted by molar-refractivity contribution is 5.98. The second-order valence-electron chi connectivity index (χ2n) is 5.90. The zero-order chi connectivity index (χ0) is 18.7. The van der Waals surface area contributed by atoms with Gasteiger partial charge < -0.3 is 10.1 Å². The Kier molecular flexibility index (Phi) is 4.93. The lowest BCUT2D eigenvalue weighted by Gasteiger charge is -2.10. The molecule has 0 saturated heterocycles. The molecule has 0 saturated carbocycles. The average molecular weight is 352 g/mol. The number of fused-ring (bicyclic) bond motifs is 1. The summed E-state index contributed by atoms with van der Waals surface area (Å²) in [5, 5.41) is 3.31. The van der Waals surface area contributed by atoms with E-state index >= 15 is 0 Å². The van der Waals surface area contributed by atoms with Crippen molar-refractivity contribution >= 4 is 28.5 Å². The number of nitrogens with zero attached hydrogens (tertiary/aromatic N) is 1. The second kappa shape index (κ2) is 7.31. The smallest absolute Gasteiger partial charge is 0.340 e. The Bertz CT molecular complexity index is 1000. The molecule has 1 amide bonds. The highest BCUT2D eigenvalue weighted by Gasteiger charge is 2.15. The highest BCUT2D eigenvalue weighted by atomic mass is 19.1. The fourth-order valence-corrected chi connectivity index (χ4v) is 2.55. The molecular formula is C20H17FN2O3. The SMILES string of the molecule is Cc1ccccc1NC(=O)COC(=O)c1cc2ccc(F)cc2nc1C. The standard InChI is InChI=1S/C20H17FN2O3/c1-12-5-3-4-6-17(12)23-19(24)11-26-20(25)16-9-14-7-8-15(21)10-18(14)22-13(16)2/h3-10H,11H2,1-2H3,(H,23,24). The molecule has 3 rings (SSSR count). The monoisotopic (exact) mass is 352 g/mol. The molecule has 0 spiro atoms. The molecule has 6 heteroatoms. The van der Waals surface area contributed by atoms with E-state index in [1.165, 1.54) is 12.1 Å². The molecule has 26 heavy (non-hydrogen) atoms. The van der Waals surface area contributed by atoms with E-state index in [-0.39, 0.29) is 5.56 Å². The van der Waals surface area contributed by atoms with Crippen LogP contribution < -0.4 is 5.32 Å². The van der Waals surface area contributed by atoms with Gasteiger partial charge in [0, 0.05) is 17.1 Å². The number of para-hydroxylation sites is 1. The van der Waals surface area contributed by atoms with Gasteiger partial charge in [0.2, 0.25) is 0 Å². The van der Waals surface area contributed by atoms with Crippen LogP contribution in [-0.2, 0) is 9.53 Å². The minimum atomic E-state index is -0.652. The van der Waals surface area contributed by atoms with Gasteiger partial charge in [0.05, 0.1) is 16.8 Å². The molecule has 1 aromatic heterocycles. The van der Waals surface area contributed by atoms with Gasteiger partial charge in [-0.15, -0.1) is 0 Å². The van der Waals surface area contributed by atoms with Crippen molar-refractivity contribution in [2.24, 2.45) is 0 Å². The third-order valence-electron chi connectivity index (χ3n) is 3.94. The third-order valence-corrected chi connectivity index (χ3v) is 3.94. The molecule has 0 unspecified atom stereocenters. The number of carbonyl (C=O) groups excluding carboxylic acids is 2. The number of halogens is 1. The highest BCUT2D eigenvalue weighted by Crippen LogP contribution is 2.18. The number of rotatable bonds is 4. The van der Waals surface area contributed by atoms with Crippen molar-refractivity contribution in [1.29, 1.82) is 0 Å². The van der Waals surface area contributed by atoms with Gasteiger partial charge in [0.15, 0.2) is 6.61 Å². The number of aryl methyl sites for hydroxylation is 2. The van der Waals surface area contributed by atoms with E-state index in [0.717, 1.165) is 5.56 Å². The zero-order valence-corrected chi connectivity index (χ0v) is 14.4. The number of esters is 1. The van der Waals surface area contributed by atoms with Gasteiger partial charge >= 0.3 is 5.97 Å². The first-order valence-corrected chi connectivity index (χ1v) is 8.03. The maximum atomic E-state index is 13.3. The Morgan fingerprint density at radius 1 is 1.12 bits per heavy atom. The molecule has 3 aromatic rings. The Balaban J connectivity index is 1.69. The number of aromatic nitrogens is 1. The van der Waals surface area contributed by atoms with E-state index < -0.39 is 24.3 Å². The van der Waals surface area contributed by atoms with Crippen LogP contribution in [0.25, 0.3) is 10.9 Å². The van der Waals surface area contributed by atoms with Gasteiger partial charge in [-0.3, -0.25) is 9.78 Å². The van der Waals surface area contributed by atoms with Gasteiger partial charge in [0.25, 0.3) is 5.91 Å². The number of hydrogen-bond donors (Lipinski definition) is 1. The summed E-state index contributed by atoms with van der Waals surface area (Å²) in [6.07, 6.45) is 0. The fraction of sp³-hybridized carbons (Fsp3) is 0.150. The van der Waals surface area contributed by atoms with E-state index in [9.17, 15) is 14.0 Å². The van der Waals surface area contributed by atoms with E-state index in [2.05, 4.69) is 10.3 Å². The number of pyridine rings is 1. The minimum absolute atomic E-state index is 0.243. The molecule has 0 aliphatic heterocycles. The van der Waals surface area contributed by atoms with Crippen LogP contribution in [0.1, 0.15) is 21.6 Å². The zero-order valence-electron chi connectivity index (χ0n) is 14.4. The quantitative estimate of drug-likeness (QED) is 0.726. The van der Waals surface area contributed by atoms with E-state index in [1.54, 1.807) is 25.1 Å². The molecule has 5 nitrogen and oxygen atoms in total. The molecular weight excluding hydrogens is 335 g/mol. The minimum Gasteiger partial charge on any atom is -0.452 e. The largest absolute Gasteiger partial charge is 0.452 e. The topological polar surface area (TPSA) is 68.3 Å². The lowest BCUT2D eigenvalue weighted by atomic mass is 10.1. The Hall–Kier alpha value is -3.28. The molecule has 0 atom stereocenters. The predicted molar refractivity (Wildman–Crippen MR) is 96.5 cm³/mol. The van der Waals surface area contributed by atoms with Crippen molar-refractivity contribution in [3.8, 4) is 0 Å². The normalized spacial score (nSPS) is 10.6. The number of carbonyl (C=O) groups is 2. The molecule has 0 radical (unpaired) electrons. The van der Waals surface area contributed by atoms with Crippen molar-refractivity contribution in [3.05, 3.63) is 71.2 Å². The molecule has 0 fully saturated rings. The maximum absolute atomic E-state index is 13.3. The fourth-order valence-electron chi connectivity index (χ4n) is 2.55. The Labute approximate surface area is 149 Å². The van der Waals surface area contributed by atoms with Crippen molar-refractivity contribution in [2.75, 3.05) is 11.9 Å². The Morgan fingerprint density at radius 3 is 2.65 bits per heavy atom. The van der Waals surface area contributed by atoms with Crippen LogP contribution in [0, 0.1) is 19.7 Å². The number of anilines is 1. The van der Waals surface area contributed by atoms with Crippen LogP contribution in [0.2, 0.25) is 0 Å². The van der Waals surface area contributed by atoms with Gasteiger partial charge in [-0.05, 0) is 43.7 Å². The lowest BCUT2D eigenvalue weighted by Crippen LogP contribution is -2.21. The maximum Gasteiger partial charge on any atom is 0.340 e. The number of hydrogen-bond acceptors (Lipinski definition) is 4. The van der Waals surface area contributed by atoms with Crippen molar-refractivity contribution < 1.29 is 18.7 Å². The molecule has 0 bridgehead atoms. The van der Waals surface area contributed by atoms with Gasteiger partial charge in [-0.25, -0.2) is 9.18 Å². The molecule has 132 valence electrons. The van der Waals surface area contributed by atoms with Gasteiger partial charge in [0.1, 0.15) is 5.82 Å².